The van der Waals surface area contributed by atoms with Crippen molar-refractivity contribution in [3.05, 3.63) is 48.5 Å². The Balaban J connectivity index is 2.51. The Morgan fingerprint density at radius 3 is 2.20 bits per heavy atom. The van der Waals surface area contributed by atoms with Gasteiger partial charge >= 0.3 is 0 Å². The molecule has 101 valence electrons. The van der Waals surface area contributed by atoms with Crippen molar-refractivity contribution in [3.63, 3.8) is 0 Å². The van der Waals surface area contributed by atoms with Crippen molar-refractivity contribution in [2.75, 3.05) is 10.6 Å². The van der Waals surface area contributed by atoms with Gasteiger partial charge in [-0.15, -0.1) is 0 Å². The molecular formula is C16H15N2O2. The molecule has 4 heteroatoms. The Morgan fingerprint density at radius 2 is 1.50 bits per heavy atom. The number of carbonyl (C=O) groups is 2. The number of para-hydroxylation sites is 1. The molecule has 0 aliphatic rings. The monoisotopic (exact) mass is 267 g/mol. The highest BCUT2D eigenvalue weighted by atomic mass is 16.2. The van der Waals surface area contributed by atoms with Crippen LogP contribution in [-0.2, 0) is 9.59 Å². The smallest absolute Gasteiger partial charge is 0.221 e. The maximum Gasteiger partial charge on any atom is 0.221 e. The van der Waals surface area contributed by atoms with Crippen LogP contribution in [0.2, 0.25) is 0 Å². The van der Waals surface area contributed by atoms with E-state index >= 15 is 0 Å². The first-order valence-corrected chi connectivity index (χ1v) is 6.22. The Bertz CT molecular complexity index is 593. The molecule has 0 aromatic heterocycles. The van der Waals surface area contributed by atoms with E-state index in [1.165, 1.54) is 13.8 Å². The zero-order valence-corrected chi connectivity index (χ0v) is 11.4. The molecule has 0 atom stereocenters. The van der Waals surface area contributed by atoms with Crippen molar-refractivity contribution >= 4 is 23.2 Å². The average Bonchev–Trinajstić information content (AvgIpc) is 2.39. The molecule has 0 heterocycles. The second-order valence-corrected chi connectivity index (χ2v) is 4.38. The highest BCUT2D eigenvalue weighted by Crippen LogP contribution is 2.33. The van der Waals surface area contributed by atoms with Crippen molar-refractivity contribution in [1.82, 2.24) is 0 Å². The second kappa shape index (κ2) is 6.02. The summed E-state index contributed by atoms with van der Waals surface area (Å²) in [6.45, 7) is 2.92. The van der Waals surface area contributed by atoms with E-state index in [0.29, 0.717) is 11.4 Å². The van der Waals surface area contributed by atoms with E-state index in [0.717, 1.165) is 11.1 Å². The fraction of sp³-hybridized carbons (Fsp3) is 0.125. The quantitative estimate of drug-likeness (QED) is 0.897. The lowest BCUT2D eigenvalue weighted by molar-refractivity contribution is -0.115. The zero-order valence-electron chi connectivity index (χ0n) is 11.4. The van der Waals surface area contributed by atoms with Gasteiger partial charge in [0.15, 0.2) is 0 Å². The van der Waals surface area contributed by atoms with Gasteiger partial charge in [0.05, 0.1) is 0 Å². The molecule has 1 radical (unpaired) electrons. The van der Waals surface area contributed by atoms with Crippen LogP contribution in [0.1, 0.15) is 13.8 Å². The third-order valence-electron chi connectivity index (χ3n) is 2.70. The summed E-state index contributed by atoms with van der Waals surface area (Å²) in [5.74, 6) is -0.288. The fourth-order valence-corrected chi connectivity index (χ4v) is 1.97. The van der Waals surface area contributed by atoms with E-state index in [2.05, 4.69) is 16.7 Å². The van der Waals surface area contributed by atoms with Crippen LogP contribution >= 0.6 is 0 Å². The minimum absolute atomic E-state index is 0.138. The van der Waals surface area contributed by atoms with Crippen LogP contribution in [0.4, 0.5) is 11.4 Å². The van der Waals surface area contributed by atoms with Gasteiger partial charge in [0.25, 0.3) is 0 Å². The highest BCUT2D eigenvalue weighted by molar-refractivity contribution is 5.99. The number of carbonyl (C=O) groups excluding carboxylic acids is 2. The molecule has 20 heavy (non-hydrogen) atoms. The maximum absolute atomic E-state index is 11.3. The average molecular weight is 267 g/mol. The lowest BCUT2D eigenvalue weighted by Crippen LogP contribution is -2.09. The Hall–Kier alpha value is -2.62. The van der Waals surface area contributed by atoms with E-state index in [-0.39, 0.29) is 11.8 Å². The predicted molar refractivity (Wildman–Crippen MR) is 79.3 cm³/mol. The molecule has 0 spiro atoms. The summed E-state index contributed by atoms with van der Waals surface area (Å²) in [6.07, 6.45) is 0. The molecule has 2 N–H and O–H groups in total. The molecule has 2 aromatic rings. The Labute approximate surface area is 117 Å². The van der Waals surface area contributed by atoms with Crippen molar-refractivity contribution in [1.29, 1.82) is 0 Å². The Kier molecular flexibility index (Phi) is 4.15. The van der Waals surface area contributed by atoms with Crippen molar-refractivity contribution in [3.8, 4) is 11.1 Å². The van der Waals surface area contributed by atoms with Gasteiger partial charge in [-0.2, -0.15) is 0 Å². The molecule has 0 fully saturated rings. The number of anilines is 2. The minimum atomic E-state index is -0.150. The molecule has 0 aliphatic heterocycles. The van der Waals surface area contributed by atoms with Gasteiger partial charge in [-0.3, -0.25) is 9.59 Å². The number of rotatable bonds is 3. The van der Waals surface area contributed by atoms with Crippen LogP contribution in [0, 0.1) is 6.07 Å². The molecule has 2 aromatic carbocycles. The molecule has 0 bridgehead atoms. The fourth-order valence-electron chi connectivity index (χ4n) is 1.97. The first-order chi connectivity index (χ1) is 9.58. The molecule has 2 amide bonds. The van der Waals surface area contributed by atoms with Gasteiger partial charge in [-0.05, 0) is 18.2 Å². The van der Waals surface area contributed by atoms with Crippen molar-refractivity contribution in [2.45, 2.75) is 13.8 Å². The van der Waals surface area contributed by atoms with Crippen LogP contribution in [0.15, 0.2) is 42.5 Å². The third-order valence-corrected chi connectivity index (χ3v) is 2.70. The summed E-state index contributed by atoms with van der Waals surface area (Å²) in [5, 5.41) is 5.56. The maximum atomic E-state index is 11.3. The van der Waals surface area contributed by atoms with E-state index in [1.807, 2.05) is 30.3 Å². The summed E-state index contributed by atoms with van der Waals surface area (Å²) >= 11 is 0. The zero-order chi connectivity index (χ0) is 14.5. The topological polar surface area (TPSA) is 58.2 Å². The summed E-state index contributed by atoms with van der Waals surface area (Å²) < 4.78 is 0. The summed E-state index contributed by atoms with van der Waals surface area (Å²) in [4.78, 5) is 22.5. The third kappa shape index (κ3) is 3.23. The van der Waals surface area contributed by atoms with E-state index in [1.54, 1.807) is 12.1 Å². The van der Waals surface area contributed by atoms with Gasteiger partial charge < -0.3 is 10.6 Å². The molecule has 0 saturated carbocycles. The van der Waals surface area contributed by atoms with Crippen molar-refractivity contribution < 1.29 is 9.59 Å². The number of hydrogen-bond donors (Lipinski definition) is 2. The van der Waals surface area contributed by atoms with Crippen LogP contribution in [0.5, 0.6) is 0 Å². The van der Waals surface area contributed by atoms with Gasteiger partial charge in [0, 0.05) is 36.3 Å². The van der Waals surface area contributed by atoms with Gasteiger partial charge in [0.1, 0.15) is 0 Å². The molecular weight excluding hydrogens is 252 g/mol. The first-order valence-electron chi connectivity index (χ1n) is 6.22. The second-order valence-electron chi connectivity index (χ2n) is 4.38. The van der Waals surface area contributed by atoms with Gasteiger partial charge in [0.2, 0.25) is 11.8 Å². The first kappa shape index (κ1) is 13.8. The highest BCUT2D eigenvalue weighted by Gasteiger charge is 2.10. The van der Waals surface area contributed by atoms with E-state index in [4.69, 9.17) is 0 Å². The number of hydrogen-bond acceptors (Lipinski definition) is 2. The Morgan fingerprint density at radius 1 is 0.900 bits per heavy atom. The van der Waals surface area contributed by atoms with Crippen LogP contribution in [0.3, 0.4) is 0 Å². The SMILES string of the molecule is CC(=O)Nc1c[c]ccc1-c1ccccc1NC(C)=O. The molecule has 0 saturated heterocycles. The van der Waals surface area contributed by atoms with Gasteiger partial charge in [-0.1, -0.05) is 30.3 Å². The standard InChI is InChI=1S/C16H15N2O2/c1-11(19)17-15-9-5-3-7-13(15)14-8-4-6-10-16(14)18-12(2)20/h3-5,7-10H,1-2H3,(H,17,19)(H,18,20). The van der Waals surface area contributed by atoms with Crippen LogP contribution < -0.4 is 10.6 Å². The molecule has 4 nitrogen and oxygen atoms in total. The van der Waals surface area contributed by atoms with Crippen LogP contribution in [0.25, 0.3) is 11.1 Å². The normalized spacial score (nSPS) is 9.90. The van der Waals surface area contributed by atoms with E-state index in [9.17, 15) is 9.59 Å². The molecule has 0 unspecified atom stereocenters. The summed E-state index contributed by atoms with van der Waals surface area (Å²) in [6, 6.07) is 15.7. The predicted octanol–water partition coefficient (Wildman–Crippen LogP) is 3.07. The largest absolute Gasteiger partial charge is 0.326 e. The molecule has 0 aliphatic carbocycles. The lowest BCUT2D eigenvalue weighted by atomic mass is 10.0. The number of nitrogens with one attached hydrogen (secondary N) is 2. The number of benzene rings is 2. The summed E-state index contributed by atoms with van der Waals surface area (Å²) in [5.41, 5.74) is 3.05. The number of amides is 2. The lowest BCUT2D eigenvalue weighted by Gasteiger charge is -2.14. The van der Waals surface area contributed by atoms with Crippen LogP contribution in [-0.4, -0.2) is 11.8 Å². The molecule has 2 rings (SSSR count). The van der Waals surface area contributed by atoms with Crippen molar-refractivity contribution in [2.24, 2.45) is 0 Å². The minimum Gasteiger partial charge on any atom is -0.326 e. The summed E-state index contributed by atoms with van der Waals surface area (Å²) in [7, 11) is 0. The van der Waals surface area contributed by atoms with E-state index < -0.39 is 0 Å². The van der Waals surface area contributed by atoms with Gasteiger partial charge in [-0.25, -0.2) is 0 Å².